The van der Waals surface area contributed by atoms with E-state index in [1.807, 2.05) is 37.3 Å². The first-order valence-corrected chi connectivity index (χ1v) is 9.33. The van der Waals surface area contributed by atoms with Gasteiger partial charge in [0.1, 0.15) is 17.8 Å². The Hall–Kier alpha value is -2.97. The quantitative estimate of drug-likeness (QED) is 0.679. The molecule has 0 saturated carbocycles. The average Bonchev–Trinajstić information content (AvgIpc) is 3.41. The Labute approximate surface area is 162 Å². The Morgan fingerprint density at radius 3 is 2.79 bits per heavy atom. The molecule has 8 heteroatoms. The maximum Gasteiger partial charge on any atom is 0.252 e. The van der Waals surface area contributed by atoms with E-state index in [0.29, 0.717) is 36.7 Å². The van der Waals surface area contributed by atoms with Gasteiger partial charge in [0.25, 0.3) is 5.91 Å². The van der Waals surface area contributed by atoms with E-state index in [9.17, 15) is 4.79 Å². The highest BCUT2D eigenvalue weighted by Crippen LogP contribution is 2.24. The predicted octanol–water partition coefficient (Wildman–Crippen LogP) is 2.18. The Morgan fingerprint density at radius 2 is 2.07 bits per heavy atom. The molecule has 3 heterocycles. The third-order valence-corrected chi connectivity index (χ3v) is 4.87. The van der Waals surface area contributed by atoms with Gasteiger partial charge in [0.05, 0.1) is 24.8 Å². The standard InChI is InChI=1S/C20H23N5O3/c1-14-6-7-18(28-14)17(25-8-10-27-11-9-25)12-21-20(26)16-5-3-2-4-15(16)19-22-13-23-24-19/h2-7,13,17H,8-12H2,1H3,(H,21,26)(H,22,23,24)/t17-/m0/s1. The summed E-state index contributed by atoms with van der Waals surface area (Å²) in [5.41, 5.74) is 1.27. The number of nitrogens with one attached hydrogen (secondary N) is 2. The number of hydrogen-bond donors (Lipinski definition) is 2. The van der Waals surface area contributed by atoms with Gasteiger partial charge in [0.15, 0.2) is 5.82 Å². The van der Waals surface area contributed by atoms with Crippen molar-refractivity contribution < 1.29 is 13.9 Å². The number of carbonyl (C=O) groups excluding carboxylic acids is 1. The molecule has 0 spiro atoms. The number of aryl methyl sites for hydroxylation is 1. The average molecular weight is 381 g/mol. The summed E-state index contributed by atoms with van der Waals surface area (Å²) < 4.78 is 11.3. The van der Waals surface area contributed by atoms with Crippen LogP contribution in [-0.4, -0.2) is 58.8 Å². The van der Waals surface area contributed by atoms with Crippen molar-refractivity contribution in [3.05, 3.63) is 59.8 Å². The topological polar surface area (TPSA) is 96.3 Å². The molecule has 1 saturated heterocycles. The summed E-state index contributed by atoms with van der Waals surface area (Å²) in [6.07, 6.45) is 1.43. The Kier molecular flexibility index (Phi) is 5.50. The molecule has 28 heavy (non-hydrogen) atoms. The van der Waals surface area contributed by atoms with Gasteiger partial charge in [-0.15, -0.1) is 0 Å². The lowest BCUT2D eigenvalue weighted by Crippen LogP contribution is -2.43. The van der Waals surface area contributed by atoms with Crippen LogP contribution in [0.5, 0.6) is 0 Å². The van der Waals surface area contributed by atoms with Gasteiger partial charge in [-0.25, -0.2) is 4.98 Å². The van der Waals surface area contributed by atoms with Crippen LogP contribution in [0.4, 0.5) is 0 Å². The number of aromatic amines is 1. The van der Waals surface area contributed by atoms with Crippen molar-refractivity contribution in [2.24, 2.45) is 0 Å². The van der Waals surface area contributed by atoms with Crippen molar-refractivity contribution in [1.29, 1.82) is 0 Å². The fourth-order valence-corrected chi connectivity index (χ4v) is 3.44. The lowest BCUT2D eigenvalue weighted by molar-refractivity contribution is 0.0117. The van der Waals surface area contributed by atoms with E-state index in [2.05, 4.69) is 25.4 Å². The van der Waals surface area contributed by atoms with Crippen LogP contribution >= 0.6 is 0 Å². The van der Waals surface area contributed by atoms with Gasteiger partial charge >= 0.3 is 0 Å². The molecule has 1 aliphatic rings. The third-order valence-electron chi connectivity index (χ3n) is 4.87. The second-order valence-corrected chi connectivity index (χ2v) is 6.70. The monoisotopic (exact) mass is 381 g/mol. The van der Waals surface area contributed by atoms with E-state index >= 15 is 0 Å². The van der Waals surface area contributed by atoms with E-state index in [0.717, 1.165) is 24.6 Å². The smallest absolute Gasteiger partial charge is 0.252 e. The zero-order valence-electron chi connectivity index (χ0n) is 15.7. The fourth-order valence-electron chi connectivity index (χ4n) is 3.44. The number of aromatic nitrogens is 3. The summed E-state index contributed by atoms with van der Waals surface area (Å²) in [5, 5.41) is 9.76. The molecule has 0 radical (unpaired) electrons. The maximum absolute atomic E-state index is 12.9. The highest BCUT2D eigenvalue weighted by Gasteiger charge is 2.26. The molecule has 0 aliphatic carbocycles. The SMILES string of the molecule is Cc1ccc([C@H](CNC(=O)c2ccccc2-c2ncn[nH]2)N2CCOCC2)o1. The molecule has 1 fully saturated rings. The molecule has 1 aromatic carbocycles. The Bertz CT molecular complexity index is 916. The second-order valence-electron chi connectivity index (χ2n) is 6.70. The number of ether oxygens (including phenoxy) is 1. The van der Waals surface area contributed by atoms with Crippen LogP contribution in [0.2, 0.25) is 0 Å². The molecule has 146 valence electrons. The van der Waals surface area contributed by atoms with Crippen LogP contribution in [-0.2, 0) is 4.74 Å². The van der Waals surface area contributed by atoms with Crippen molar-refractivity contribution in [2.75, 3.05) is 32.8 Å². The largest absolute Gasteiger partial charge is 0.465 e. The lowest BCUT2D eigenvalue weighted by Gasteiger charge is -2.33. The zero-order valence-corrected chi connectivity index (χ0v) is 15.7. The molecular formula is C20H23N5O3. The summed E-state index contributed by atoms with van der Waals surface area (Å²) in [6.45, 7) is 5.32. The number of nitrogens with zero attached hydrogens (tertiary/aromatic N) is 3. The van der Waals surface area contributed by atoms with Crippen molar-refractivity contribution in [3.63, 3.8) is 0 Å². The van der Waals surface area contributed by atoms with Crippen LogP contribution in [0.1, 0.15) is 27.9 Å². The van der Waals surface area contributed by atoms with Crippen LogP contribution in [0.15, 0.2) is 47.1 Å². The van der Waals surface area contributed by atoms with E-state index < -0.39 is 0 Å². The van der Waals surface area contributed by atoms with Crippen molar-refractivity contribution in [2.45, 2.75) is 13.0 Å². The van der Waals surface area contributed by atoms with Crippen molar-refractivity contribution >= 4 is 5.91 Å². The van der Waals surface area contributed by atoms with Gasteiger partial charge in [-0.1, -0.05) is 18.2 Å². The molecule has 1 atom stereocenters. The predicted molar refractivity (Wildman–Crippen MR) is 103 cm³/mol. The van der Waals surface area contributed by atoms with Gasteiger partial charge in [-0.2, -0.15) is 5.10 Å². The number of carbonyl (C=O) groups is 1. The molecule has 0 bridgehead atoms. The van der Waals surface area contributed by atoms with E-state index in [1.165, 1.54) is 6.33 Å². The third kappa shape index (κ3) is 3.97. The van der Waals surface area contributed by atoms with Gasteiger partial charge in [0, 0.05) is 25.2 Å². The number of amides is 1. The van der Waals surface area contributed by atoms with Crippen molar-refractivity contribution in [3.8, 4) is 11.4 Å². The second kappa shape index (κ2) is 8.37. The highest BCUT2D eigenvalue weighted by atomic mass is 16.5. The number of morpholine rings is 1. The first kappa shape index (κ1) is 18.4. The van der Waals surface area contributed by atoms with Crippen molar-refractivity contribution in [1.82, 2.24) is 25.4 Å². The van der Waals surface area contributed by atoms with E-state index in [-0.39, 0.29) is 11.9 Å². The minimum atomic E-state index is -0.159. The molecule has 2 aromatic heterocycles. The lowest BCUT2D eigenvalue weighted by atomic mass is 10.1. The summed E-state index contributed by atoms with van der Waals surface area (Å²) in [6, 6.07) is 11.2. The fraction of sp³-hybridized carbons (Fsp3) is 0.350. The number of rotatable bonds is 6. The summed E-state index contributed by atoms with van der Waals surface area (Å²) in [7, 11) is 0. The Balaban J connectivity index is 1.52. The number of benzene rings is 1. The Morgan fingerprint density at radius 1 is 1.25 bits per heavy atom. The molecule has 3 aromatic rings. The van der Waals surface area contributed by atoms with Gasteiger partial charge in [-0.3, -0.25) is 14.8 Å². The van der Waals surface area contributed by atoms with E-state index in [4.69, 9.17) is 9.15 Å². The summed E-state index contributed by atoms with van der Waals surface area (Å²) in [5.74, 6) is 2.11. The normalized spacial score (nSPS) is 16.0. The molecular weight excluding hydrogens is 358 g/mol. The zero-order chi connectivity index (χ0) is 19.3. The van der Waals surface area contributed by atoms with Crippen LogP contribution in [0.25, 0.3) is 11.4 Å². The number of hydrogen-bond acceptors (Lipinski definition) is 6. The molecule has 1 aliphatic heterocycles. The van der Waals surface area contributed by atoms with E-state index in [1.54, 1.807) is 6.07 Å². The molecule has 1 amide bonds. The molecule has 8 nitrogen and oxygen atoms in total. The highest BCUT2D eigenvalue weighted by molar-refractivity contribution is 6.00. The van der Waals surface area contributed by atoms with Gasteiger partial charge in [0.2, 0.25) is 0 Å². The first-order chi connectivity index (χ1) is 13.7. The maximum atomic E-state index is 12.9. The van der Waals surface area contributed by atoms with Gasteiger partial charge < -0.3 is 14.5 Å². The summed E-state index contributed by atoms with van der Waals surface area (Å²) >= 11 is 0. The number of H-pyrrole nitrogens is 1. The minimum absolute atomic E-state index is 0.0426. The molecule has 4 rings (SSSR count). The van der Waals surface area contributed by atoms with Gasteiger partial charge in [-0.05, 0) is 25.1 Å². The van der Waals surface area contributed by atoms with Crippen LogP contribution in [0.3, 0.4) is 0 Å². The van der Waals surface area contributed by atoms with Crippen LogP contribution < -0.4 is 5.32 Å². The minimum Gasteiger partial charge on any atom is -0.465 e. The number of furan rings is 1. The molecule has 2 N–H and O–H groups in total. The molecule has 0 unspecified atom stereocenters. The summed E-state index contributed by atoms with van der Waals surface area (Å²) in [4.78, 5) is 19.4. The first-order valence-electron chi connectivity index (χ1n) is 9.33. The van der Waals surface area contributed by atoms with Crippen LogP contribution in [0, 0.1) is 6.92 Å².